The molecule has 1 aromatic heterocycles. The van der Waals surface area contributed by atoms with E-state index < -0.39 is 22.7 Å². The summed E-state index contributed by atoms with van der Waals surface area (Å²) in [5.41, 5.74) is 1.51. The van der Waals surface area contributed by atoms with Crippen molar-refractivity contribution in [3.05, 3.63) is 21.4 Å². The second kappa shape index (κ2) is 7.09. The Kier molecular flexibility index (Phi) is 4.86. The smallest absolute Gasteiger partial charge is 0.376 e. The van der Waals surface area contributed by atoms with Crippen molar-refractivity contribution in [2.24, 2.45) is 0 Å². The number of benzene rings is 1. The molecule has 160 valence electrons. The van der Waals surface area contributed by atoms with Gasteiger partial charge in [0.25, 0.3) is 0 Å². The molecule has 30 heavy (non-hydrogen) atoms. The standard InChI is InChI=1S/C18H21BBrFN4O4S/c1-3-30(27,28)18-22-16-13(11-7-29-8-12(11)14(20)15(16)21)17(23-18)25-9-4-10(25)6-24(5-9)19(2)26/h9-10,26H,3-8H2,1-2H3. The summed E-state index contributed by atoms with van der Waals surface area (Å²) in [4.78, 5) is 12.7. The van der Waals surface area contributed by atoms with Crippen molar-refractivity contribution in [3.8, 4) is 0 Å². The largest absolute Gasteiger partial charge is 0.437 e. The van der Waals surface area contributed by atoms with Gasteiger partial charge in [-0.1, -0.05) is 6.92 Å². The molecule has 4 heterocycles. The van der Waals surface area contributed by atoms with E-state index in [1.165, 1.54) is 6.92 Å². The summed E-state index contributed by atoms with van der Waals surface area (Å²) >= 11 is 3.30. The summed E-state index contributed by atoms with van der Waals surface area (Å²) in [6.45, 7) is 5.09. The highest BCUT2D eigenvalue weighted by Crippen LogP contribution is 2.45. The van der Waals surface area contributed by atoms with Crippen LogP contribution >= 0.6 is 15.9 Å². The molecule has 2 atom stereocenters. The Bertz CT molecular complexity index is 1150. The summed E-state index contributed by atoms with van der Waals surface area (Å²) in [6, 6.07) is 0.136. The Balaban J connectivity index is 1.75. The zero-order valence-electron chi connectivity index (χ0n) is 16.6. The maximum atomic E-state index is 15.3. The van der Waals surface area contributed by atoms with Gasteiger partial charge in [0.05, 0.1) is 28.8 Å². The van der Waals surface area contributed by atoms with E-state index in [0.29, 0.717) is 36.5 Å². The SMILES string of the molecule is CCS(=O)(=O)c1nc(N2C3CC2CN(B(C)O)C3)c2c3c(c(Br)c(F)c2n1)COC3. The van der Waals surface area contributed by atoms with Gasteiger partial charge in [0.15, 0.2) is 5.82 Å². The average Bonchev–Trinajstić information content (AvgIpc) is 3.21. The van der Waals surface area contributed by atoms with Crippen LogP contribution in [0.25, 0.3) is 10.9 Å². The molecule has 2 saturated heterocycles. The highest BCUT2D eigenvalue weighted by Gasteiger charge is 2.48. The number of nitrogens with zero attached hydrogens (tertiary/aromatic N) is 4. The number of halogens is 2. The number of hydrogen-bond acceptors (Lipinski definition) is 8. The van der Waals surface area contributed by atoms with Crippen LogP contribution in [0.3, 0.4) is 0 Å². The van der Waals surface area contributed by atoms with E-state index >= 15 is 4.39 Å². The summed E-state index contributed by atoms with van der Waals surface area (Å²) in [5, 5.41) is 10.1. The molecule has 1 aromatic carbocycles. The first-order valence-electron chi connectivity index (χ1n) is 9.94. The third kappa shape index (κ3) is 2.91. The molecule has 12 heteroatoms. The molecule has 0 amide bonds. The van der Waals surface area contributed by atoms with Gasteiger partial charge in [0.2, 0.25) is 15.0 Å². The number of anilines is 1. The van der Waals surface area contributed by atoms with Crippen molar-refractivity contribution >= 4 is 49.5 Å². The highest BCUT2D eigenvalue weighted by molar-refractivity contribution is 9.10. The maximum absolute atomic E-state index is 15.3. The summed E-state index contributed by atoms with van der Waals surface area (Å²) in [6.07, 6.45) is 0.919. The molecular weight excluding hydrogens is 478 g/mol. The van der Waals surface area contributed by atoms with Gasteiger partial charge in [-0.15, -0.1) is 0 Å². The second-order valence-corrected chi connectivity index (χ2v) is 11.0. The normalized spacial score (nSPS) is 23.6. The fourth-order valence-electron chi connectivity index (χ4n) is 4.70. The van der Waals surface area contributed by atoms with Crippen molar-refractivity contribution in [1.82, 2.24) is 14.8 Å². The molecule has 2 fully saturated rings. The van der Waals surface area contributed by atoms with Gasteiger partial charge in [-0.25, -0.2) is 22.8 Å². The molecule has 5 rings (SSSR count). The molecular formula is C18H21BBrFN4O4S. The number of ether oxygens (including phenoxy) is 1. The van der Waals surface area contributed by atoms with Gasteiger partial charge in [0.1, 0.15) is 11.3 Å². The first-order valence-corrected chi connectivity index (χ1v) is 12.4. The summed E-state index contributed by atoms with van der Waals surface area (Å²) in [7, 11) is -4.29. The quantitative estimate of drug-likeness (QED) is 0.503. The lowest BCUT2D eigenvalue weighted by atomic mass is 9.76. The number of fused-ring (bicyclic) bond motifs is 5. The third-order valence-corrected chi connectivity index (χ3v) is 8.67. The topological polar surface area (TPSA) is 95.9 Å². The first kappa shape index (κ1) is 20.6. The molecule has 2 aromatic rings. The molecule has 0 aliphatic carbocycles. The van der Waals surface area contributed by atoms with Gasteiger partial charge in [-0.2, -0.15) is 0 Å². The Labute approximate surface area is 182 Å². The van der Waals surface area contributed by atoms with E-state index in [0.717, 1.165) is 12.0 Å². The minimum Gasteiger partial charge on any atom is -0.437 e. The summed E-state index contributed by atoms with van der Waals surface area (Å²) < 4.78 is 46.3. The molecule has 2 bridgehead atoms. The van der Waals surface area contributed by atoms with Crippen LogP contribution in [0.1, 0.15) is 24.5 Å². The average molecular weight is 499 g/mol. The lowest BCUT2D eigenvalue weighted by Crippen LogP contribution is -2.71. The first-order chi connectivity index (χ1) is 14.2. The minimum atomic E-state index is -3.73. The number of piperidine rings is 1. The number of sulfone groups is 1. The molecule has 1 N–H and O–H groups in total. The van der Waals surface area contributed by atoms with Crippen LogP contribution in [0.2, 0.25) is 6.82 Å². The zero-order chi connectivity index (χ0) is 21.4. The van der Waals surface area contributed by atoms with Crippen molar-refractivity contribution in [2.45, 2.75) is 50.6 Å². The van der Waals surface area contributed by atoms with Gasteiger partial charge in [-0.3, -0.25) is 0 Å². The van der Waals surface area contributed by atoms with Crippen molar-refractivity contribution in [3.63, 3.8) is 0 Å². The van der Waals surface area contributed by atoms with Crippen LogP contribution in [0.5, 0.6) is 0 Å². The number of aromatic nitrogens is 2. The number of piperazine rings is 1. The molecule has 2 unspecified atom stereocenters. The van der Waals surface area contributed by atoms with E-state index in [4.69, 9.17) is 4.74 Å². The van der Waals surface area contributed by atoms with Crippen LogP contribution in [-0.2, 0) is 27.8 Å². The molecule has 0 saturated carbocycles. The Hall–Kier alpha value is -1.34. The maximum Gasteiger partial charge on any atom is 0.376 e. The second-order valence-electron chi connectivity index (χ2n) is 8.07. The Morgan fingerprint density at radius 2 is 1.93 bits per heavy atom. The molecule has 3 aliphatic heterocycles. The van der Waals surface area contributed by atoms with Crippen molar-refractivity contribution in [1.29, 1.82) is 0 Å². The van der Waals surface area contributed by atoms with Crippen LogP contribution in [-0.4, -0.2) is 66.2 Å². The summed E-state index contributed by atoms with van der Waals surface area (Å²) in [5.74, 6) is -0.314. The van der Waals surface area contributed by atoms with Crippen molar-refractivity contribution in [2.75, 3.05) is 23.7 Å². The van der Waals surface area contributed by atoms with Gasteiger partial charge < -0.3 is 19.5 Å². The van der Waals surface area contributed by atoms with Crippen molar-refractivity contribution < 1.29 is 22.6 Å². The lowest BCUT2D eigenvalue weighted by Gasteiger charge is -2.57. The van der Waals surface area contributed by atoms with E-state index in [2.05, 4.69) is 30.8 Å². The van der Waals surface area contributed by atoms with E-state index in [9.17, 15) is 13.4 Å². The minimum absolute atomic E-state index is 0.000468. The van der Waals surface area contributed by atoms with Crippen LogP contribution < -0.4 is 4.90 Å². The van der Waals surface area contributed by atoms with E-state index in [1.54, 1.807) is 6.82 Å². The predicted molar refractivity (Wildman–Crippen MR) is 113 cm³/mol. The molecule has 0 radical (unpaired) electrons. The fourth-order valence-corrected chi connectivity index (χ4v) is 5.95. The van der Waals surface area contributed by atoms with E-state index in [-0.39, 0.29) is 39.6 Å². The third-order valence-electron chi connectivity index (χ3n) is 6.35. The lowest BCUT2D eigenvalue weighted by molar-refractivity contribution is 0.134. The Morgan fingerprint density at radius 3 is 2.57 bits per heavy atom. The van der Waals surface area contributed by atoms with Crippen LogP contribution in [0.15, 0.2) is 9.63 Å². The van der Waals surface area contributed by atoms with Gasteiger partial charge in [-0.05, 0) is 34.7 Å². The molecule has 0 spiro atoms. The monoisotopic (exact) mass is 498 g/mol. The van der Waals surface area contributed by atoms with Gasteiger partial charge >= 0.3 is 7.05 Å². The highest BCUT2D eigenvalue weighted by atomic mass is 79.9. The van der Waals surface area contributed by atoms with Gasteiger partial charge in [0, 0.05) is 30.7 Å². The molecule has 8 nitrogen and oxygen atoms in total. The fraction of sp³-hybridized carbons (Fsp3) is 0.556. The van der Waals surface area contributed by atoms with Crippen LogP contribution in [0.4, 0.5) is 10.2 Å². The number of rotatable bonds is 4. The predicted octanol–water partition coefficient (Wildman–Crippen LogP) is 1.73. The Morgan fingerprint density at radius 1 is 1.27 bits per heavy atom. The number of hydrogen-bond donors (Lipinski definition) is 1. The van der Waals surface area contributed by atoms with E-state index in [1.807, 2.05) is 4.81 Å². The zero-order valence-corrected chi connectivity index (χ0v) is 19.0. The van der Waals surface area contributed by atoms with Crippen LogP contribution in [0, 0.1) is 5.82 Å². The molecule has 3 aliphatic rings.